The molecular formula is C83H55NS2. The molecule has 86 heavy (non-hydrogen) atoms. The Balaban J connectivity index is 0.808. The molecule has 0 amide bonds. The van der Waals surface area contributed by atoms with Gasteiger partial charge in [-0.2, -0.15) is 0 Å². The van der Waals surface area contributed by atoms with Crippen LogP contribution in [0.3, 0.4) is 0 Å². The van der Waals surface area contributed by atoms with Gasteiger partial charge in [-0.1, -0.05) is 237 Å². The zero-order chi connectivity index (χ0) is 56.4. The minimum absolute atomic E-state index is 0.846. The Hall–Kier alpha value is -9.90. The third-order valence-electron chi connectivity index (χ3n) is 18.8. The third-order valence-corrected chi connectivity index (χ3v) is 21.4. The van der Waals surface area contributed by atoms with Crippen molar-refractivity contribution in [2.45, 2.75) is 32.1 Å². The molecule has 0 N–H and O–H groups in total. The molecule has 3 heteroatoms. The van der Waals surface area contributed by atoms with E-state index in [0.717, 1.165) is 37.8 Å². The molecule has 3 heterocycles. The summed E-state index contributed by atoms with van der Waals surface area (Å²) in [6.45, 7) is 0. The standard InChI is InChI=1S/C83H55NS2/c1-2-21-53(22-3-1)78-64-28-8-10-30-66(64)79(67-31-11-9-29-65(67)78)54-43-46-57(47-44-54)84-76-42-14-25-55(60-32-15-38-70-72-40-17-36-68(82(72)85-80(60)70)62-34-12-23-51-19-4-6-26-58(51)62)49-74(76)75-50-56(45-48-77(75)84)61-33-16-39-71-73-41-18-37-69(83(73)86-81(61)71)63-35-13-24-52-20-5-7-27-59(52)63/h1-14,17-24,26-37,40-50H,15-16,25,38-39H2. The quantitative estimate of drug-likeness (QED) is 0.140. The van der Waals surface area contributed by atoms with E-state index in [1.807, 2.05) is 22.7 Å². The Morgan fingerprint density at radius 1 is 0.360 bits per heavy atom. The lowest BCUT2D eigenvalue weighted by molar-refractivity contribution is 0.995. The topological polar surface area (TPSA) is 4.93 Å². The summed E-state index contributed by atoms with van der Waals surface area (Å²) in [5.74, 6) is 0. The Morgan fingerprint density at radius 3 is 1.42 bits per heavy atom. The van der Waals surface area contributed by atoms with E-state index in [2.05, 4.69) is 278 Å². The monoisotopic (exact) mass is 1130 g/mol. The van der Waals surface area contributed by atoms with Gasteiger partial charge < -0.3 is 4.57 Å². The lowest BCUT2D eigenvalue weighted by atomic mass is 9.86. The second-order valence-corrected chi connectivity index (χ2v) is 25.5. The van der Waals surface area contributed by atoms with Gasteiger partial charge in [-0.15, -0.1) is 22.7 Å². The van der Waals surface area contributed by atoms with Crippen molar-refractivity contribution >= 4 is 120 Å². The lowest BCUT2D eigenvalue weighted by Crippen LogP contribution is -1.98. The van der Waals surface area contributed by atoms with Crippen molar-refractivity contribution in [2.24, 2.45) is 0 Å². The molecule has 0 fully saturated rings. The van der Waals surface area contributed by atoms with Crippen molar-refractivity contribution < 1.29 is 0 Å². The molecule has 3 aliphatic rings. The van der Waals surface area contributed by atoms with E-state index in [1.54, 1.807) is 0 Å². The molecule has 0 bridgehead atoms. The summed E-state index contributed by atoms with van der Waals surface area (Å²) in [7, 11) is 0. The first-order valence-corrected chi connectivity index (χ1v) is 31.9. The van der Waals surface area contributed by atoms with Gasteiger partial charge >= 0.3 is 0 Å². The van der Waals surface area contributed by atoms with E-state index >= 15 is 0 Å². The van der Waals surface area contributed by atoms with Crippen molar-refractivity contribution in [3.63, 3.8) is 0 Å². The fourth-order valence-electron chi connectivity index (χ4n) is 15.0. The maximum absolute atomic E-state index is 2.58. The van der Waals surface area contributed by atoms with E-state index in [9.17, 15) is 0 Å². The van der Waals surface area contributed by atoms with Crippen molar-refractivity contribution in [3.05, 3.63) is 304 Å². The van der Waals surface area contributed by atoms with Gasteiger partial charge in [0.15, 0.2) is 0 Å². The SMILES string of the molecule is C1=Cc2c(c3cc(C4=CCCc5c4sc4c(-c6cccc7ccccc67)cccc54)ccc3n2-c2ccc(-c3c4ccccc4c(-c4ccccc4)c4ccccc34)cc2)C=C(C2=CCCc3c2sc2c(-c4cccc5ccccc45)cccc32)C1. The molecule has 0 saturated carbocycles. The van der Waals surface area contributed by atoms with Gasteiger partial charge in [-0.25, -0.2) is 0 Å². The number of allylic oxidation sites excluding steroid dienone is 5. The molecular weight excluding hydrogens is 1080 g/mol. The van der Waals surface area contributed by atoms with Gasteiger partial charge in [0, 0.05) is 46.9 Å². The summed E-state index contributed by atoms with van der Waals surface area (Å²) < 4.78 is 5.30. The Bertz CT molecular complexity index is 5410. The average Bonchev–Trinajstić information content (AvgIpc) is 1.65. The largest absolute Gasteiger partial charge is 0.309 e. The van der Waals surface area contributed by atoms with Gasteiger partial charge in [-0.3, -0.25) is 0 Å². The molecule has 1 nitrogen and oxygen atoms in total. The second-order valence-electron chi connectivity index (χ2n) is 23.4. The first-order valence-electron chi connectivity index (χ1n) is 30.3. The fraction of sp³-hybridized carbons (Fsp3) is 0.0602. The van der Waals surface area contributed by atoms with Gasteiger partial charge in [-0.05, 0) is 189 Å². The minimum Gasteiger partial charge on any atom is -0.309 e. The molecule has 0 saturated heterocycles. The van der Waals surface area contributed by atoms with Crippen LogP contribution in [0.2, 0.25) is 0 Å². The first-order chi connectivity index (χ1) is 42.7. The smallest absolute Gasteiger partial charge is 0.0541 e. The predicted octanol–water partition coefficient (Wildman–Crippen LogP) is 23.5. The summed E-state index contributed by atoms with van der Waals surface area (Å²) in [5.41, 5.74) is 23.5. The Kier molecular flexibility index (Phi) is 11.4. The summed E-state index contributed by atoms with van der Waals surface area (Å²) in [5, 5.41) is 14.3. The number of aryl methyl sites for hydroxylation is 2. The lowest BCUT2D eigenvalue weighted by Gasteiger charge is -2.18. The van der Waals surface area contributed by atoms with Crippen LogP contribution in [0, 0.1) is 0 Å². The number of thiophene rings is 2. The van der Waals surface area contributed by atoms with E-state index in [4.69, 9.17) is 0 Å². The number of aromatic nitrogens is 1. The van der Waals surface area contributed by atoms with Crippen LogP contribution in [0.25, 0.3) is 148 Å². The summed E-state index contributed by atoms with van der Waals surface area (Å²) in [6.07, 6.45) is 17.5. The van der Waals surface area contributed by atoms with Gasteiger partial charge in [0.1, 0.15) is 0 Å². The molecule has 0 aliphatic heterocycles. The first kappa shape index (κ1) is 49.5. The Morgan fingerprint density at radius 2 is 0.826 bits per heavy atom. The number of nitrogens with zero attached hydrogens (tertiary/aromatic N) is 1. The van der Waals surface area contributed by atoms with E-state index < -0.39 is 0 Å². The predicted molar refractivity (Wildman–Crippen MR) is 372 cm³/mol. The molecule has 0 unspecified atom stereocenters. The summed E-state index contributed by atoms with van der Waals surface area (Å²) >= 11 is 3.98. The number of hydrogen-bond donors (Lipinski definition) is 0. The molecule has 18 rings (SSSR count). The van der Waals surface area contributed by atoms with Gasteiger partial charge in [0.2, 0.25) is 0 Å². The van der Waals surface area contributed by atoms with Gasteiger partial charge in [0.25, 0.3) is 0 Å². The number of hydrogen-bond acceptors (Lipinski definition) is 2. The van der Waals surface area contributed by atoms with E-state index in [-0.39, 0.29) is 0 Å². The third kappa shape index (κ3) is 7.68. The molecule has 3 aliphatic carbocycles. The van der Waals surface area contributed by atoms with Crippen LogP contribution in [-0.4, -0.2) is 4.57 Å². The molecule has 3 aromatic heterocycles. The summed E-state index contributed by atoms with van der Waals surface area (Å²) in [6, 6.07) is 90.9. The normalized spacial score (nSPS) is 14.0. The number of benzene rings is 12. The van der Waals surface area contributed by atoms with Crippen molar-refractivity contribution in [2.75, 3.05) is 0 Å². The fourth-order valence-corrected chi connectivity index (χ4v) is 17.9. The van der Waals surface area contributed by atoms with E-state index in [1.165, 1.54) is 173 Å². The molecule has 0 spiro atoms. The van der Waals surface area contributed by atoms with Crippen LogP contribution in [0.1, 0.15) is 57.0 Å². The molecule has 15 aromatic rings. The second kappa shape index (κ2) is 19.9. The highest BCUT2D eigenvalue weighted by molar-refractivity contribution is 7.21. The molecule has 0 atom stereocenters. The average molecular weight is 1130 g/mol. The van der Waals surface area contributed by atoms with Gasteiger partial charge in [0.05, 0.1) is 11.2 Å². The van der Waals surface area contributed by atoms with Crippen LogP contribution < -0.4 is 0 Å². The maximum atomic E-state index is 2.58. The summed E-state index contributed by atoms with van der Waals surface area (Å²) in [4.78, 5) is 2.83. The van der Waals surface area contributed by atoms with Crippen LogP contribution in [-0.2, 0) is 12.8 Å². The van der Waals surface area contributed by atoms with Crippen LogP contribution in [0.15, 0.2) is 266 Å². The maximum Gasteiger partial charge on any atom is 0.0541 e. The highest BCUT2D eigenvalue weighted by Gasteiger charge is 2.28. The Labute approximate surface area is 507 Å². The van der Waals surface area contributed by atoms with Crippen LogP contribution in [0.4, 0.5) is 0 Å². The number of rotatable bonds is 7. The van der Waals surface area contributed by atoms with Crippen molar-refractivity contribution in [1.82, 2.24) is 4.57 Å². The number of fused-ring (bicyclic) bond motifs is 13. The minimum atomic E-state index is 0.846. The van der Waals surface area contributed by atoms with Crippen molar-refractivity contribution in [1.29, 1.82) is 0 Å². The molecule has 12 aromatic carbocycles. The van der Waals surface area contributed by atoms with Crippen LogP contribution >= 0.6 is 22.7 Å². The van der Waals surface area contributed by atoms with Crippen LogP contribution in [0.5, 0.6) is 0 Å². The highest BCUT2D eigenvalue weighted by atomic mass is 32.1. The molecule has 404 valence electrons. The zero-order valence-electron chi connectivity index (χ0n) is 47.3. The van der Waals surface area contributed by atoms with E-state index in [0.29, 0.717) is 0 Å². The molecule has 0 radical (unpaired) electrons. The van der Waals surface area contributed by atoms with Crippen molar-refractivity contribution in [3.8, 4) is 50.2 Å². The zero-order valence-corrected chi connectivity index (χ0v) is 48.9. The highest BCUT2D eigenvalue weighted by Crippen LogP contribution is 2.51.